The van der Waals surface area contributed by atoms with Crippen molar-refractivity contribution in [3.05, 3.63) is 42.0 Å². The minimum absolute atomic E-state index is 0.259. The number of hydrogen-bond acceptors (Lipinski definition) is 5. The Hall–Kier alpha value is -2.87. The lowest BCUT2D eigenvalue weighted by atomic mass is 10.00. The first kappa shape index (κ1) is 28.2. The van der Waals surface area contributed by atoms with E-state index in [1.165, 1.54) is 4.90 Å². The van der Waals surface area contributed by atoms with Crippen molar-refractivity contribution in [3.8, 4) is 0 Å². The van der Waals surface area contributed by atoms with E-state index in [2.05, 4.69) is 17.2 Å². The molecule has 2 unspecified atom stereocenters. The third kappa shape index (κ3) is 9.26. The van der Waals surface area contributed by atoms with Gasteiger partial charge in [0, 0.05) is 13.1 Å². The summed E-state index contributed by atoms with van der Waals surface area (Å²) in [6, 6.07) is 5.07. The molecule has 2 atom stereocenters. The molecule has 1 rings (SSSR count). The van der Waals surface area contributed by atoms with E-state index >= 15 is 0 Å². The van der Waals surface area contributed by atoms with Gasteiger partial charge >= 0.3 is 6.09 Å². The zero-order valence-corrected chi connectivity index (χ0v) is 20.5. The highest BCUT2D eigenvalue weighted by molar-refractivity contribution is 5.92. The highest BCUT2D eigenvalue weighted by Crippen LogP contribution is 2.24. The Morgan fingerprint density at radius 1 is 1.21 bits per heavy atom. The highest BCUT2D eigenvalue weighted by Gasteiger charge is 2.35. The van der Waals surface area contributed by atoms with Crippen molar-refractivity contribution in [1.29, 1.82) is 0 Å². The van der Waals surface area contributed by atoms with Crippen molar-refractivity contribution in [2.45, 2.75) is 71.6 Å². The highest BCUT2D eigenvalue weighted by atomic mass is 16.6. The Labute approximate surface area is 197 Å². The van der Waals surface area contributed by atoms with E-state index in [9.17, 15) is 19.5 Å². The molecular weight excluding hydrogens is 422 g/mol. The average Bonchev–Trinajstić information content (AvgIpc) is 2.75. The summed E-state index contributed by atoms with van der Waals surface area (Å²) in [5.74, 6) is -0.884. The molecule has 0 aliphatic rings. The third-order valence-corrected chi connectivity index (χ3v) is 4.77. The molecular formula is C25H39N3O5. The van der Waals surface area contributed by atoms with E-state index in [1.807, 2.05) is 26.0 Å². The average molecular weight is 462 g/mol. The van der Waals surface area contributed by atoms with Gasteiger partial charge in [-0.05, 0) is 50.8 Å². The predicted octanol–water partition coefficient (Wildman–Crippen LogP) is 3.41. The number of carbonyl (C=O) groups excluding carboxylic acids is 3. The molecule has 0 heterocycles. The fourth-order valence-corrected chi connectivity index (χ4v) is 3.26. The molecule has 0 spiro atoms. The van der Waals surface area contributed by atoms with Gasteiger partial charge in [-0.1, -0.05) is 51.1 Å². The summed E-state index contributed by atoms with van der Waals surface area (Å²) in [6.07, 6.45) is 3.16. The van der Waals surface area contributed by atoms with Crippen LogP contribution in [0.25, 0.3) is 6.08 Å². The molecule has 0 radical (unpaired) electrons. The molecule has 1 aromatic carbocycles. The van der Waals surface area contributed by atoms with Gasteiger partial charge in [-0.15, -0.1) is 0 Å². The zero-order valence-electron chi connectivity index (χ0n) is 20.5. The maximum absolute atomic E-state index is 13.5. The number of amides is 3. The van der Waals surface area contributed by atoms with Gasteiger partial charge in [0.1, 0.15) is 17.7 Å². The van der Waals surface area contributed by atoms with E-state index in [1.54, 1.807) is 39.0 Å². The van der Waals surface area contributed by atoms with Gasteiger partial charge in [-0.2, -0.15) is 0 Å². The van der Waals surface area contributed by atoms with Crippen LogP contribution in [0.2, 0.25) is 0 Å². The molecule has 0 saturated heterocycles. The molecule has 0 fully saturated rings. The first-order valence-corrected chi connectivity index (χ1v) is 11.5. The van der Waals surface area contributed by atoms with E-state index in [-0.39, 0.29) is 12.5 Å². The first-order chi connectivity index (χ1) is 15.6. The van der Waals surface area contributed by atoms with Crippen molar-refractivity contribution in [3.63, 3.8) is 0 Å². The summed E-state index contributed by atoms with van der Waals surface area (Å²) >= 11 is 0. The number of aliphatic hydroxyl groups excluding tert-OH is 1. The van der Waals surface area contributed by atoms with Crippen LogP contribution in [0.5, 0.6) is 0 Å². The zero-order chi connectivity index (χ0) is 25.0. The minimum atomic E-state index is -1.25. The summed E-state index contributed by atoms with van der Waals surface area (Å²) in [6.45, 7) is 12.9. The Morgan fingerprint density at radius 2 is 1.91 bits per heavy atom. The van der Waals surface area contributed by atoms with Crippen molar-refractivity contribution < 1.29 is 24.2 Å². The molecule has 0 aliphatic carbocycles. The van der Waals surface area contributed by atoms with Crippen LogP contribution >= 0.6 is 0 Å². The molecule has 8 nitrogen and oxygen atoms in total. The maximum Gasteiger partial charge on any atom is 0.408 e. The number of aliphatic hydroxyl groups is 1. The van der Waals surface area contributed by atoms with Gasteiger partial charge in [0.2, 0.25) is 11.8 Å². The van der Waals surface area contributed by atoms with Crippen LogP contribution in [0.4, 0.5) is 4.79 Å². The summed E-state index contributed by atoms with van der Waals surface area (Å²) in [4.78, 5) is 40.4. The van der Waals surface area contributed by atoms with Gasteiger partial charge in [-0.3, -0.25) is 9.59 Å². The van der Waals surface area contributed by atoms with Crippen molar-refractivity contribution in [2.24, 2.45) is 0 Å². The SMILES string of the molecule is C=Cc1cccc(C(C(=O)NCCCC)N(CCC)C(=O)C(CO)NC(=O)OC(C)(C)C)c1. The quantitative estimate of drug-likeness (QED) is 0.414. The summed E-state index contributed by atoms with van der Waals surface area (Å²) in [5.41, 5.74) is 0.675. The number of hydrogen-bond donors (Lipinski definition) is 3. The third-order valence-electron chi connectivity index (χ3n) is 4.77. The van der Waals surface area contributed by atoms with Gasteiger partial charge in [0.25, 0.3) is 0 Å². The fourth-order valence-electron chi connectivity index (χ4n) is 3.26. The van der Waals surface area contributed by atoms with Gasteiger partial charge in [0.15, 0.2) is 0 Å². The second kappa shape index (κ2) is 13.6. The van der Waals surface area contributed by atoms with Gasteiger partial charge < -0.3 is 25.4 Å². The topological polar surface area (TPSA) is 108 Å². The minimum Gasteiger partial charge on any atom is -0.444 e. The van der Waals surface area contributed by atoms with Crippen LogP contribution in [0.3, 0.4) is 0 Å². The fraction of sp³-hybridized carbons (Fsp3) is 0.560. The van der Waals surface area contributed by atoms with Crippen LogP contribution in [0.1, 0.15) is 71.0 Å². The summed E-state index contributed by atoms with van der Waals surface area (Å²) < 4.78 is 5.23. The molecule has 184 valence electrons. The van der Waals surface area contributed by atoms with Gasteiger partial charge in [-0.25, -0.2) is 4.79 Å². The second-order valence-electron chi connectivity index (χ2n) is 8.83. The van der Waals surface area contributed by atoms with Crippen LogP contribution in [-0.2, 0) is 14.3 Å². The Balaban J connectivity index is 3.31. The number of nitrogens with one attached hydrogen (secondary N) is 2. The summed E-state index contributed by atoms with van der Waals surface area (Å²) in [5, 5.41) is 15.2. The number of benzene rings is 1. The maximum atomic E-state index is 13.5. The Bertz CT molecular complexity index is 803. The van der Waals surface area contributed by atoms with Crippen molar-refractivity contribution in [1.82, 2.24) is 15.5 Å². The van der Waals surface area contributed by atoms with Crippen LogP contribution in [-0.4, -0.2) is 59.3 Å². The predicted molar refractivity (Wildman–Crippen MR) is 129 cm³/mol. The largest absolute Gasteiger partial charge is 0.444 e. The van der Waals surface area contributed by atoms with Crippen molar-refractivity contribution in [2.75, 3.05) is 19.7 Å². The number of rotatable bonds is 12. The first-order valence-electron chi connectivity index (χ1n) is 11.5. The number of nitrogens with zero attached hydrogens (tertiary/aromatic N) is 1. The molecule has 33 heavy (non-hydrogen) atoms. The lowest BCUT2D eigenvalue weighted by Gasteiger charge is -2.34. The molecule has 3 amide bonds. The molecule has 3 N–H and O–H groups in total. The molecule has 1 aromatic rings. The molecule has 0 bridgehead atoms. The van der Waals surface area contributed by atoms with E-state index in [0.29, 0.717) is 18.5 Å². The molecule has 0 aliphatic heterocycles. The van der Waals surface area contributed by atoms with E-state index in [0.717, 1.165) is 18.4 Å². The van der Waals surface area contributed by atoms with Crippen LogP contribution < -0.4 is 10.6 Å². The Morgan fingerprint density at radius 3 is 2.45 bits per heavy atom. The molecule has 0 aromatic heterocycles. The lowest BCUT2D eigenvalue weighted by Crippen LogP contribution is -2.54. The normalized spacial score (nSPS) is 12.9. The number of carbonyl (C=O) groups is 3. The number of unbranched alkanes of at least 4 members (excludes halogenated alkanes) is 1. The summed E-state index contributed by atoms with van der Waals surface area (Å²) in [7, 11) is 0. The monoisotopic (exact) mass is 461 g/mol. The van der Waals surface area contributed by atoms with Crippen LogP contribution in [0, 0.1) is 0 Å². The van der Waals surface area contributed by atoms with Crippen LogP contribution in [0.15, 0.2) is 30.8 Å². The molecule has 8 heteroatoms. The second-order valence-corrected chi connectivity index (χ2v) is 8.83. The van der Waals surface area contributed by atoms with E-state index in [4.69, 9.17) is 4.74 Å². The number of ether oxygens (including phenoxy) is 1. The smallest absolute Gasteiger partial charge is 0.408 e. The molecule has 0 saturated carbocycles. The van der Waals surface area contributed by atoms with Gasteiger partial charge in [0.05, 0.1) is 6.61 Å². The number of alkyl carbamates (subject to hydrolysis) is 1. The van der Waals surface area contributed by atoms with Crippen molar-refractivity contribution >= 4 is 24.0 Å². The lowest BCUT2D eigenvalue weighted by molar-refractivity contribution is -0.143. The van der Waals surface area contributed by atoms with E-state index < -0.39 is 36.3 Å². The standard InChI is InChI=1S/C25H39N3O5/c1-7-10-14-26-22(30)21(19-13-11-12-18(9-3)16-19)28(15-8-2)23(31)20(17-29)27-24(32)33-25(4,5)6/h9,11-13,16,20-21,29H,3,7-8,10,14-15,17H2,1-2,4-6H3,(H,26,30)(H,27,32). The Kier molecular flexibility index (Phi) is 11.6.